The van der Waals surface area contributed by atoms with E-state index in [4.69, 9.17) is 10.2 Å². The van der Waals surface area contributed by atoms with Crippen LogP contribution >= 0.6 is 0 Å². The average Bonchev–Trinajstić information content (AvgIpc) is 2.96. The number of aromatic nitrogens is 2. The summed E-state index contributed by atoms with van der Waals surface area (Å²) in [6.45, 7) is 0.482. The molecule has 0 radical (unpaired) electrons. The van der Waals surface area contributed by atoms with Gasteiger partial charge in [-0.05, 0) is 24.5 Å². The first-order chi connectivity index (χ1) is 7.88. The van der Waals surface area contributed by atoms with Gasteiger partial charge in [-0.1, -0.05) is 12.8 Å². The van der Waals surface area contributed by atoms with E-state index in [1.165, 1.54) is 25.7 Å². The fraction of sp³-hybridized carbons (Fsp3) is 0.500. The van der Waals surface area contributed by atoms with E-state index in [9.17, 15) is 0 Å². The Kier molecular flexibility index (Phi) is 2.36. The van der Waals surface area contributed by atoms with Crippen LogP contribution in [0.1, 0.15) is 43.1 Å². The second-order valence-corrected chi connectivity index (χ2v) is 4.36. The maximum Gasteiger partial charge on any atom is 0.247 e. The Morgan fingerprint density at radius 1 is 1.38 bits per heavy atom. The molecule has 0 bridgehead atoms. The lowest BCUT2D eigenvalue weighted by Gasteiger charge is -2.00. The van der Waals surface area contributed by atoms with E-state index in [1.54, 1.807) is 6.20 Å². The summed E-state index contributed by atoms with van der Waals surface area (Å²) in [5.41, 5.74) is 8.15. The number of fused-ring (bicyclic) bond motifs is 1. The topological polar surface area (TPSA) is 64.9 Å². The van der Waals surface area contributed by atoms with Gasteiger partial charge in [-0.3, -0.25) is 0 Å². The van der Waals surface area contributed by atoms with Crippen molar-refractivity contribution in [2.45, 2.75) is 38.1 Å². The molecule has 2 aromatic heterocycles. The van der Waals surface area contributed by atoms with Crippen LogP contribution in [0.3, 0.4) is 0 Å². The zero-order chi connectivity index (χ0) is 11.0. The number of hydrogen-bond donors (Lipinski definition) is 1. The quantitative estimate of drug-likeness (QED) is 0.838. The second-order valence-electron chi connectivity index (χ2n) is 4.36. The van der Waals surface area contributed by atoms with Crippen LogP contribution in [0.4, 0.5) is 0 Å². The predicted molar refractivity (Wildman–Crippen MR) is 60.9 cm³/mol. The third-order valence-corrected chi connectivity index (χ3v) is 3.32. The molecular weight excluding hydrogens is 202 g/mol. The highest BCUT2D eigenvalue weighted by molar-refractivity contribution is 5.72. The van der Waals surface area contributed by atoms with Crippen LogP contribution in [0.15, 0.2) is 16.7 Å². The van der Waals surface area contributed by atoms with Gasteiger partial charge in [0, 0.05) is 18.7 Å². The van der Waals surface area contributed by atoms with Crippen LogP contribution in [0.2, 0.25) is 0 Å². The van der Waals surface area contributed by atoms with Gasteiger partial charge in [-0.15, -0.1) is 0 Å². The number of pyridine rings is 1. The molecule has 2 heterocycles. The minimum absolute atomic E-state index is 0.482. The van der Waals surface area contributed by atoms with E-state index in [1.807, 2.05) is 6.07 Å². The number of rotatable bonds is 2. The minimum atomic E-state index is 0.482. The molecule has 1 saturated carbocycles. The van der Waals surface area contributed by atoms with Crippen LogP contribution in [0.25, 0.3) is 11.2 Å². The summed E-state index contributed by atoms with van der Waals surface area (Å²) in [5, 5.41) is 0. The maximum atomic E-state index is 5.72. The molecular formula is C12H15N3O. The number of hydrogen-bond acceptors (Lipinski definition) is 4. The van der Waals surface area contributed by atoms with Crippen molar-refractivity contribution in [3.63, 3.8) is 0 Å². The monoisotopic (exact) mass is 217 g/mol. The standard InChI is InChI=1S/C12H15N3O/c13-7-9-5-6-14-12-10(9)15-11(16-12)8-3-1-2-4-8/h5-6,8H,1-4,7,13H2. The minimum Gasteiger partial charge on any atom is -0.422 e. The van der Waals surface area contributed by atoms with Crippen molar-refractivity contribution in [3.8, 4) is 0 Å². The normalized spacial score (nSPS) is 17.3. The van der Waals surface area contributed by atoms with Gasteiger partial charge in [-0.2, -0.15) is 0 Å². The van der Waals surface area contributed by atoms with Gasteiger partial charge in [0.25, 0.3) is 0 Å². The van der Waals surface area contributed by atoms with E-state index in [2.05, 4.69) is 9.97 Å². The van der Waals surface area contributed by atoms with Crippen molar-refractivity contribution >= 4 is 11.2 Å². The molecule has 0 saturated heterocycles. The van der Waals surface area contributed by atoms with Crippen molar-refractivity contribution in [2.24, 2.45) is 5.73 Å². The van der Waals surface area contributed by atoms with Crippen LogP contribution in [-0.2, 0) is 6.54 Å². The molecule has 0 aromatic carbocycles. The van der Waals surface area contributed by atoms with Crippen molar-refractivity contribution in [3.05, 3.63) is 23.7 Å². The van der Waals surface area contributed by atoms with Gasteiger partial charge in [0.2, 0.25) is 11.6 Å². The predicted octanol–water partition coefficient (Wildman–Crippen LogP) is 2.34. The second kappa shape index (κ2) is 3.87. The number of nitrogens with two attached hydrogens (primary N) is 1. The molecule has 0 amide bonds. The van der Waals surface area contributed by atoms with E-state index in [0.29, 0.717) is 18.2 Å². The summed E-state index contributed by atoms with van der Waals surface area (Å²) in [6.07, 6.45) is 6.66. The fourth-order valence-electron chi connectivity index (χ4n) is 2.41. The first-order valence-electron chi connectivity index (χ1n) is 5.83. The number of nitrogens with zero attached hydrogens (tertiary/aromatic N) is 2. The first-order valence-corrected chi connectivity index (χ1v) is 5.83. The summed E-state index contributed by atoms with van der Waals surface area (Å²) in [7, 11) is 0. The summed E-state index contributed by atoms with van der Waals surface area (Å²) in [5.74, 6) is 1.33. The molecule has 84 valence electrons. The zero-order valence-corrected chi connectivity index (χ0v) is 9.15. The molecule has 0 spiro atoms. The smallest absolute Gasteiger partial charge is 0.247 e. The molecule has 0 aliphatic heterocycles. The summed E-state index contributed by atoms with van der Waals surface area (Å²) in [4.78, 5) is 8.75. The van der Waals surface area contributed by atoms with Crippen molar-refractivity contribution in [1.29, 1.82) is 0 Å². The maximum absolute atomic E-state index is 5.72. The fourth-order valence-corrected chi connectivity index (χ4v) is 2.41. The molecule has 0 unspecified atom stereocenters. The molecule has 1 aliphatic carbocycles. The molecule has 3 rings (SSSR count). The lowest BCUT2D eigenvalue weighted by atomic mass is 10.1. The molecule has 4 heteroatoms. The lowest BCUT2D eigenvalue weighted by molar-refractivity contribution is 0.469. The van der Waals surface area contributed by atoms with E-state index < -0.39 is 0 Å². The van der Waals surface area contributed by atoms with E-state index >= 15 is 0 Å². The molecule has 1 fully saturated rings. The Balaban J connectivity index is 2.07. The summed E-state index contributed by atoms with van der Waals surface area (Å²) < 4.78 is 5.72. The Labute approximate surface area is 93.9 Å². The molecule has 2 aromatic rings. The largest absolute Gasteiger partial charge is 0.422 e. The molecule has 0 atom stereocenters. The van der Waals surface area contributed by atoms with Crippen LogP contribution in [-0.4, -0.2) is 9.97 Å². The third-order valence-electron chi connectivity index (χ3n) is 3.32. The van der Waals surface area contributed by atoms with Crippen molar-refractivity contribution in [1.82, 2.24) is 9.97 Å². The van der Waals surface area contributed by atoms with Crippen molar-refractivity contribution < 1.29 is 4.42 Å². The van der Waals surface area contributed by atoms with Gasteiger partial charge in [0.15, 0.2) is 0 Å². The third kappa shape index (κ3) is 1.50. The molecule has 1 aliphatic rings. The van der Waals surface area contributed by atoms with Gasteiger partial charge in [-0.25, -0.2) is 9.97 Å². The lowest BCUT2D eigenvalue weighted by Crippen LogP contribution is -1.97. The zero-order valence-electron chi connectivity index (χ0n) is 9.15. The Morgan fingerprint density at radius 3 is 2.94 bits per heavy atom. The van der Waals surface area contributed by atoms with Crippen LogP contribution in [0.5, 0.6) is 0 Å². The van der Waals surface area contributed by atoms with Gasteiger partial charge in [0.1, 0.15) is 5.52 Å². The molecule has 16 heavy (non-hydrogen) atoms. The summed E-state index contributed by atoms with van der Waals surface area (Å²) >= 11 is 0. The Bertz CT molecular complexity index is 500. The summed E-state index contributed by atoms with van der Waals surface area (Å²) in [6, 6.07) is 1.91. The van der Waals surface area contributed by atoms with Gasteiger partial charge in [0.05, 0.1) is 0 Å². The van der Waals surface area contributed by atoms with Gasteiger partial charge < -0.3 is 10.2 Å². The molecule has 2 N–H and O–H groups in total. The highest BCUT2D eigenvalue weighted by atomic mass is 16.4. The highest BCUT2D eigenvalue weighted by Gasteiger charge is 2.23. The average molecular weight is 217 g/mol. The van der Waals surface area contributed by atoms with Crippen LogP contribution in [0, 0.1) is 0 Å². The van der Waals surface area contributed by atoms with E-state index in [-0.39, 0.29) is 0 Å². The van der Waals surface area contributed by atoms with Gasteiger partial charge >= 0.3 is 0 Å². The van der Waals surface area contributed by atoms with Crippen molar-refractivity contribution in [2.75, 3.05) is 0 Å². The van der Waals surface area contributed by atoms with Crippen LogP contribution < -0.4 is 5.73 Å². The Morgan fingerprint density at radius 2 is 2.19 bits per heavy atom. The number of oxazole rings is 1. The Hall–Kier alpha value is -1.42. The first kappa shape index (κ1) is 9.78. The molecule has 4 nitrogen and oxygen atoms in total. The van der Waals surface area contributed by atoms with E-state index in [0.717, 1.165) is 17.0 Å². The highest BCUT2D eigenvalue weighted by Crippen LogP contribution is 2.34. The SMILES string of the molecule is NCc1ccnc2oc(C3CCCC3)nc12.